The molecule has 0 bridgehead atoms. The lowest BCUT2D eigenvalue weighted by Gasteiger charge is -2.35. The molecule has 0 atom stereocenters. The fourth-order valence-electron chi connectivity index (χ4n) is 2.91. The largest absolute Gasteiger partial charge is 0.497 e. The number of nitrogens with one attached hydrogen (secondary N) is 1. The number of para-hydroxylation sites is 2. The van der Waals surface area contributed by atoms with E-state index in [1.54, 1.807) is 31.4 Å². The van der Waals surface area contributed by atoms with Gasteiger partial charge in [-0.2, -0.15) is 0 Å². The summed E-state index contributed by atoms with van der Waals surface area (Å²) in [4.78, 5) is 16.9. The van der Waals surface area contributed by atoms with Crippen molar-refractivity contribution in [1.29, 1.82) is 0 Å². The van der Waals surface area contributed by atoms with Crippen molar-refractivity contribution in [2.24, 2.45) is 0 Å². The van der Waals surface area contributed by atoms with Gasteiger partial charge in [-0.25, -0.2) is 0 Å². The van der Waals surface area contributed by atoms with E-state index in [0.717, 1.165) is 43.3 Å². The van der Waals surface area contributed by atoms with Crippen LogP contribution in [0.4, 0.5) is 11.4 Å². The number of hydrogen-bond acceptors (Lipinski definition) is 5. The molecular weight excluding hydrogens is 330 g/mol. The monoisotopic (exact) mass is 355 g/mol. The Balaban J connectivity index is 1.58. The van der Waals surface area contributed by atoms with Crippen molar-refractivity contribution in [2.45, 2.75) is 0 Å². The molecule has 3 rings (SSSR count). The number of methoxy groups -OCH3 is 1. The van der Waals surface area contributed by atoms with E-state index in [-0.39, 0.29) is 12.5 Å². The standard InChI is InChI=1S/C20H25N3O3/c1-22-11-13-23(14-12-22)19-6-4-3-5-18(19)21-20(24)15-26-17-9-7-16(25-2)8-10-17/h3-10H,11-15H2,1-2H3,(H,21,24). The Bertz CT molecular complexity index is 725. The van der Waals surface area contributed by atoms with Crippen LogP contribution in [0, 0.1) is 0 Å². The maximum Gasteiger partial charge on any atom is 0.262 e. The van der Waals surface area contributed by atoms with E-state index < -0.39 is 0 Å². The normalized spacial score (nSPS) is 14.8. The van der Waals surface area contributed by atoms with Crippen molar-refractivity contribution >= 4 is 17.3 Å². The smallest absolute Gasteiger partial charge is 0.262 e. The molecule has 138 valence electrons. The van der Waals surface area contributed by atoms with Crippen molar-refractivity contribution in [3.05, 3.63) is 48.5 Å². The molecule has 0 saturated carbocycles. The van der Waals surface area contributed by atoms with E-state index in [4.69, 9.17) is 9.47 Å². The molecule has 0 aliphatic carbocycles. The third-order valence-electron chi connectivity index (χ3n) is 4.45. The zero-order valence-electron chi connectivity index (χ0n) is 15.3. The molecule has 6 heteroatoms. The minimum atomic E-state index is -0.178. The van der Waals surface area contributed by atoms with E-state index in [1.807, 2.05) is 24.3 Å². The molecule has 6 nitrogen and oxygen atoms in total. The highest BCUT2D eigenvalue weighted by Gasteiger charge is 2.17. The average molecular weight is 355 g/mol. The predicted octanol–water partition coefficient (Wildman–Crippen LogP) is 2.46. The Labute approximate surface area is 154 Å². The topological polar surface area (TPSA) is 54.0 Å². The molecule has 1 fully saturated rings. The number of amides is 1. The van der Waals surface area contributed by atoms with Gasteiger partial charge in [0.1, 0.15) is 11.5 Å². The lowest BCUT2D eigenvalue weighted by molar-refractivity contribution is -0.118. The SMILES string of the molecule is COc1ccc(OCC(=O)Nc2ccccc2N2CCN(C)CC2)cc1. The summed E-state index contributed by atoms with van der Waals surface area (Å²) in [5, 5.41) is 2.97. The summed E-state index contributed by atoms with van der Waals surface area (Å²) in [6, 6.07) is 15.1. The van der Waals surface area contributed by atoms with E-state index in [1.165, 1.54) is 0 Å². The number of carbonyl (C=O) groups is 1. The number of hydrogen-bond donors (Lipinski definition) is 1. The fraction of sp³-hybridized carbons (Fsp3) is 0.350. The van der Waals surface area contributed by atoms with Crippen LogP contribution in [0.1, 0.15) is 0 Å². The quantitative estimate of drug-likeness (QED) is 0.863. The van der Waals surface area contributed by atoms with E-state index in [9.17, 15) is 4.79 Å². The van der Waals surface area contributed by atoms with Crippen molar-refractivity contribution in [2.75, 3.05) is 57.2 Å². The average Bonchev–Trinajstić information content (AvgIpc) is 2.68. The van der Waals surface area contributed by atoms with Crippen LogP contribution in [0.25, 0.3) is 0 Å². The second-order valence-corrected chi connectivity index (χ2v) is 6.32. The van der Waals surface area contributed by atoms with Gasteiger partial charge in [0.2, 0.25) is 0 Å². The second-order valence-electron chi connectivity index (χ2n) is 6.32. The molecule has 0 unspecified atom stereocenters. The first kappa shape index (κ1) is 18.1. The third-order valence-corrected chi connectivity index (χ3v) is 4.45. The van der Waals surface area contributed by atoms with Gasteiger partial charge in [0.25, 0.3) is 5.91 Å². The van der Waals surface area contributed by atoms with E-state index in [0.29, 0.717) is 5.75 Å². The van der Waals surface area contributed by atoms with Crippen LogP contribution in [0.3, 0.4) is 0 Å². The zero-order chi connectivity index (χ0) is 18.4. The molecule has 1 aliphatic rings. The molecule has 1 aliphatic heterocycles. The van der Waals surface area contributed by atoms with Crippen molar-refractivity contribution in [3.63, 3.8) is 0 Å². The number of piperazine rings is 1. The molecule has 1 amide bonds. The zero-order valence-corrected chi connectivity index (χ0v) is 15.3. The Kier molecular flexibility index (Phi) is 5.96. The molecular formula is C20H25N3O3. The Morgan fingerprint density at radius 1 is 1.00 bits per heavy atom. The summed E-state index contributed by atoms with van der Waals surface area (Å²) in [6.07, 6.45) is 0. The van der Waals surface area contributed by atoms with E-state index in [2.05, 4.69) is 22.2 Å². The summed E-state index contributed by atoms with van der Waals surface area (Å²) in [5.41, 5.74) is 1.87. The molecule has 1 saturated heterocycles. The summed E-state index contributed by atoms with van der Waals surface area (Å²) >= 11 is 0. The van der Waals surface area contributed by atoms with Gasteiger partial charge in [0.05, 0.1) is 18.5 Å². The van der Waals surface area contributed by atoms with Gasteiger partial charge in [-0.3, -0.25) is 4.79 Å². The Morgan fingerprint density at radius 3 is 2.35 bits per heavy atom. The highest BCUT2D eigenvalue weighted by Crippen LogP contribution is 2.26. The molecule has 1 N–H and O–H groups in total. The van der Waals surface area contributed by atoms with Crippen LogP contribution >= 0.6 is 0 Å². The highest BCUT2D eigenvalue weighted by molar-refractivity contribution is 5.95. The van der Waals surface area contributed by atoms with Gasteiger partial charge in [-0.15, -0.1) is 0 Å². The molecule has 2 aromatic rings. The van der Waals surface area contributed by atoms with Crippen molar-refractivity contribution in [3.8, 4) is 11.5 Å². The number of rotatable bonds is 6. The number of carbonyl (C=O) groups excluding carboxylic acids is 1. The van der Waals surface area contributed by atoms with Crippen LogP contribution < -0.4 is 19.7 Å². The summed E-state index contributed by atoms with van der Waals surface area (Å²) in [7, 11) is 3.74. The molecule has 0 radical (unpaired) electrons. The molecule has 1 heterocycles. The summed E-state index contributed by atoms with van der Waals surface area (Å²) in [6.45, 7) is 3.90. The molecule has 0 aromatic heterocycles. The maximum atomic E-state index is 12.3. The number of nitrogens with zero attached hydrogens (tertiary/aromatic N) is 2. The Morgan fingerprint density at radius 2 is 1.65 bits per heavy atom. The number of benzene rings is 2. The maximum absolute atomic E-state index is 12.3. The van der Waals surface area contributed by atoms with Crippen molar-refractivity contribution < 1.29 is 14.3 Å². The minimum absolute atomic E-state index is 0.0383. The van der Waals surface area contributed by atoms with Gasteiger partial charge in [0, 0.05) is 26.2 Å². The second kappa shape index (κ2) is 8.58. The first-order valence-corrected chi connectivity index (χ1v) is 8.75. The third kappa shape index (κ3) is 4.67. The molecule has 2 aromatic carbocycles. The van der Waals surface area contributed by atoms with Gasteiger partial charge in [0.15, 0.2) is 6.61 Å². The van der Waals surface area contributed by atoms with Crippen LogP contribution in [0.15, 0.2) is 48.5 Å². The predicted molar refractivity (Wildman–Crippen MR) is 103 cm³/mol. The van der Waals surface area contributed by atoms with Crippen LogP contribution in [-0.2, 0) is 4.79 Å². The highest BCUT2D eigenvalue weighted by atomic mass is 16.5. The number of likely N-dealkylation sites (N-methyl/N-ethyl adjacent to an activating group) is 1. The van der Waals surface area contributed by atoms with E-state index >= 15 is 0 Å². The lowest BCUT2D eigenvalue weighted by atomic mass is 10.2. The minimum Gasteiger partial charge on any atom is -0.497 e. The Hall–Kier alpha value is -2.73. The summed E-state index contributed by atoms with van der Waals surface area (Å²) in [5.74, 6) is 1.21. The number of anilines is 2. The van der Waals surface area contributed by atoms with Gasteiger partial charge >= 0.3 is 0 Å². The van der Waals surface area contributed by atoms with Crippen LogP contribution in [-0.4, -0.2) is 57.8 Å². The van der Waals surface area contributed by atoms with Crippen LogP contribution in [0.2, 0.25) is 0 Å². The first-order chi connectivity index (χ1) is 12.7. The number of ether oxygens (including phenoxy) is 2. The molecule has 0 spiro atoms. The fourth-order valence-corrected chi connectivity index (χ4v) is 2.91. The van der Waals surface area contributed by atoms with Gasteiger partial charge in [-0.05, 0) is 43.4 Å². The van der Waals surface area contributed by atoms with Crippen LogP contribution in [0.5, 0.6) is 11.5 Å². The van der Waals surface area contributed by atoms with Crippen molar-refractivity contribution in [1.82, 2.24) is 4.90 Å². The van der Waals surface area contributed by atoms with Gasteiger partial charge in [-0.1, -0.05) is 12.1 Å². The van der Waals surface area contributed by atoms with Gasteiger partial charge < -0.3 is 24.6 Å². The lowest BCUT2D eigenvalue weighted by Crippen LogP contribution is -2.44. The molecule has 26 heavy (non-hydrogen) atoms. The summed E-state index contributed by atoms with van der Waals surface area (Å²) < 4.78 is 10.7. The first-order valence-electron chi connectivity index (χ1n) is 8.75.